The second-order valence-electron chi connectivity index (χ2n) is 2.76. The van der Waals surface area contributed by atoms with E-state index in [1.807, 2.05) is 0 Å². The highest BCUT2D eigenvalue weighted by Gasteiger charge is 2.16. The zero-order valence-electron chi connectivity index (χ0n) is 7.21. The van der Waals surface area contributed by atoms with E-state index in [4.69, 9.17) is 10.2 Å². The molecule has 0 saturated heterocycles. The van der Waals surface area contributed by atoms with Crippen LogP contribution in [0, 0.1) is 0 Å². The van der Waals surface area contributed by atoms with Crippen molar-refractivity contribution in [3.05, 3.63) is 29.7 Å². The minimum absolute atomic E-state index is 0.407. The van der Waals surface area contributed by atoms with Gasteiger partial charge in [0.05, 0.1) is 12.3 Å². The SMILES string of the molecule is C/C(=C\c1ccco1)C(N)C(F)F. The van der Waals surface area contributed by atoms with E-state index in [1.165, 1.54) is 12.3 Å². The van der Waals surface area contributed by atoms with Crippen molar-refractivity contribution in [2.24, 2.45) is 5.73 Å². The van der Waals surface area contributed by atoms with Crippen LogP contribution in [0.3, 0.4) is 0 Å². The van der Waals surface area contributed by atoms with Gasteiger partial charge in [0.15, 0.2) is 0 Å². The normalized spacial score (nSPS) is 15.0. The van der Waals surface area contributed by atoms with Gasteiger partial charge in [-0.1, -0.05) is 0 Å². The number of furan rings is 1. The smallest absolute Gasteiger partial charge is 0.257 e. The maximum absolute atomic E-state index is 12.1. The third-order valence-electron chi connectivity index (χ3n) is 1.71. The molecular weight excluding hydrogens is 176 g/mol. The molecule has 0 radical (unpaired) electrons. The second kappa shape index (κ2) is 4.18. The molecule has 72 valence electrons. The molecule has 4 heteroatoms. The van der Waals surface area contributed by atoms with Crippen LogP contribution in [0.4, 0.5) is 8.78 Å². The largest absolute Gasteiger partial charge is 0.465 e. The molecule has 0 amide bonds. The Labute approximate surface area is 75.0 Å². The van der Waals surface area contributed by atoms with E-state index >= 15 is 0 Å². The highest BCUT2D eigenvalue weighted by atomic mass is 19.3. The van der Waals surface area contributed by atoms with Crippen molar-refractivity contribution >= 4 is 6.08 Å². The monoisotopic (exact) mass is 187 g/mol. The van der Waals surface area contributed by atoms with E-state index in [0.29, 0.717) is 11.3 Å². The van der Waals surface area contributed by atoms with Crippen molar-refractivity contribution in [2.45, 2.75) is 19.4 Å². The third kappa shape index (κ3) is 2.66. The van der Waals surface area contributed by atoms with Gasteiger partial charge in [0.2, 0.25) is 0 Å². The first kappa shape index (κ1) is 9.92. The van der Waals surface area contributed by atoms with Crippen molar-refractivity contribution < 1.29 is 13.2 Å². The van der Waals surface area contributed by atoms with Gasteiger partial charge >= 0.3 is 0 Å². The minimum atomic E-state index is -2.54. The lowest BCUT2D eigenvalue weighted by Crippen LogP contribution is -2.29. The van der Waals surface area contributed by atoms with Crippen LogP contribution in [-0.4, -0.2) is 12.5 Å². The molecule has 1 aromatic heterocycles. The molecule has 13 heavy (non-hydrogen) atoms. The topological polar surface area (TPSA) is 39.2 Å². The fraction of sp³-hybridized carbons (Fsp3) is 0.333. The summed E-state index contributed by atoms with van der Waals surface area (Å²) in [5.74, 6) is 0.536. The molecule has 2 nitrogen and oxygen atoms in total. The van der Waals surface area contributed by atoms with Crippen LogP contribution in [0.5, 0.6) is 0 Å². The van der Waals surface area contributed by atoms with Gasteiger partial charge in [0, 0.05) is 0 Å². The molecule has 0 aliphatic carbocycles. The highest BCUT2D eigenvalue weighted by molar-refractivity contribution is 5.48. The average molecular weight is 187 g/mol. The molecule has 1 unspecified atom stereocenters. The molecule has 1 rings (SSSR count). The first-order valence-electron chi connectivity index (χ1n) is 3.86. The Kier molecular flexibility index (Phi) is 3.19. The number of hydrogen-bond donors (Lipinski definition) is 1. The molecule has 0 aliphatic rings. The predicted molar refractivity (Wildman–Crippen MR) is 46.3 cm³/mol. The summed E-state index contributed by atoms with van der Waals surface area (Å²) in [5.41, 5.74) is 5.62. The molecule has 1 atom stereocenters. The van der Waals surface area contributed by atoms with Crippen LogP contribution >= 0.6 is 0 Å². The Morgan fingerprint density at radius 3 is 2.77 bits per heavy atom. The third-order valence-corrected chi connectivity index (χ3v) is 1.71. The minimum Gasteiger partial charge on any atom is -0.465 e. The summed E-state index contributed by atoms with van der Waals surface area (Å²) < 4.78 is 29.2. The quantitative estimate of drug-likeness (QED) is 0.788. The molecule has 1 aromatic rings. The van der Waals surface area contributed by atoms with Crippen LogP contribution in [0.1, 0.15) is 12.7 Å². The van der Waals surface area contributed by atoms with Crippen LogP contribution in [0.15, 0.2) is 28.4 Å². The molecule has 0 spiro atoms. The fourth-order valence-electron chi connectivity index (χ4n) is 0.893. The average Bonchev–Trinajstić information content (AvgIpc) is 2.55. The summed E-state index contributed by atoms with van der Waals surface area (Å²) in [6.07, 6.45) is 0.454. The molecule has 0 saturated carbocycles. The second-order valence-corrected chi connectivity index (χ2v) is 2.76. The van der Waals surface area contributed by atoms with Crippen molar-refractivity contribution in [2.75, 3.05) is 0 Å². The molecule has 0 aromatic carbocycles. The van der Waals surface area contributed by atoms with Gasteiger partial charge in [-0.3, -0.25) is 0 Å². The number of alkyl halides is 2. The summed E-state index contributed by atoms with van der Waals surface area (Å²) in [7, 11) is 0. The lowest BCUT2D eigenvalue weighted by atomic mass is 10.1. The molecule has 0 bridgehead atoms. The maximum Gasteiger partial charge on any atom is 0.257 e. The van der Waals surface area contributed by atoms with E-state index < -0.39 is 12.5 Å². The Morgan fingerprint density at radius 2 is 2.31 bits per heavy atom. The fourth-order valence-corrected chi connectivity index (χ4v) is 0.893. The van der Waals surface area contributed by atoms with Crippen LogP contribution in [0.2, 0.25) is 0 Å². The van der Waals surface area contributed by atoms with Crippen LogP contribution < -0.4 is 5.73 Å². The van der Waals surface area contributed by atoms with Gasteiger partial charge in [-0.2, -0.15) is 0 Å². The molecule has 0 fully saturated rings. The van der Waals surface area contributed by atoms with Gasteiger partial charge in [0.25, 0.3) is 6.43 Å². The molecule has 1 heterocycles. The van der Waals surface area contributed by atoms with E-state index in [-0.39, 0.29) is 0 Å². The Morgan fingerprint density at radius 1 is 1.62 bits per heavy atom. The predicted octanol–water partition coefficient (Wildman–Crippen LogP) is 2.28. The lowest BCUT2D eigenvalue weighted by molar-refractivity contribution is 0.129. The molecular formula is C9H11F2NO. The zero-order chi connectivity index (χ0) is 9.84. The Bertz CT molecular complexity index is 280. The summed E-state index contributed by atoms with van der Waals surface area (Å²) in [6, 6.07) is 2.15. The van der Waals surface area contributed by atoms with E-state index in [1.54, 1.807) is 19.1 Å². The molecule has 0 aliphatic heterocycles. The van der Waals surface area contributed by atoms with E-state index in [0.717, 1.165) is 0 Å². The summed E-state index contributed by atoms with van der Waals surface area (Å²) in [6.45, 7) is 1.55. The van der Waals surface area contributed by atoms with Gasteiger partial charge in [0.1, 0.15) is 5.76 Å². The van der Waals surface area contributed by atoms with Gasteiger partial charge < -0.3 is 10.2 Å². The number of nitrogens with two attached hydrogens (primary N) is 1. The van der Waals surface area contributed by atoms with Crippen LogP contribution in [-0.2, 0) is 0 Å². The zero-order valence-corrected chi connectivity index (χ0v) is 7.21. The summed E-state index contributed by atoms with van der Waals surface area (Å²) in [4.78, 5) is 0. The molecule has 2 N–H and O–H groups in total. The maximum atomic E-state index is 12.1. The number of halogens is 2. The Balaban J connectivity index is 2.72. The highest BCUT2D eigenvalue weighted by Crippen LogP contribution is 2.13. The van der Waals surface area contributed by atoms with Crippen molar-refractivity contribution in [3.63, 3.8) is 0 Å². The van der Waals surface area contributed by atoms with E-state index in [2.05, 4.69) is 0 Å². The van der Waals surface area contributed by atoms with Gasteiger partial charge in [-0.05, 0) is 30.7 Å². The summed E-state index contributed by atoms with van der Waals surface area (Å²) in [5, 5.41) is 0. The van der Waals surface area contributed by atoms with Crippen molar-refractivity contribution in [1.29, 1.82) is 0 Å². The van der Waals surface area contributed by atoms with Gasteiger partial charge in [-0.15, -0.1) is 0 Å². The van der Waals surface area contributed by atoms with E-state index in [9.17, 15) is 8.78 Å². The Hall–Kier alpha value is -1.16. The first-order valence-corrected chi connectivity index (χ1v) is 3.86. The number of rotatable bonds is 3. The van der Waals surface area contributed by atoms with Gasteiger partial charge in [-0.25, -0.2) is 8.78 Å². The standard InChI is InChI=1S/C9H11F2NO/c1-6(8(12)9(10)11)5-7-3-2-4-13-7/h2-5,8-9H,12H2,1H3/b6-5+. The van der Waals surface area contributed by atoms with Crippen molar-refractivity contribution in [3.8, 4) is 0 Å². The lowest BCUT2D eigenvalue weighted by Gasteiger charge is -2.09. The van der Waals surface area contributed by atoms with Crippen molar-refractivity contribution in [1.82, 2.24) is 0 Å². The van der Waals surface area contributed by atoms with Crippen LogP contribution in [0.25, 0.3) is 6.08 Å². The number of hydrogen-bond acceptors (Lipinski definition) is 2. The summed E-state index contributed by atoms with van der Waals surface area (Å²) >= 11 is 0. The first-order chi connectivity index (χ1) is 6.11.